The second-order valence-corrected chi connectivity index (χ2v) is 17.0. The Hall–Kier alpha value is -3.01. The van der Waals surface area contributed by atoms with Crippen LogP contribution in [0.2, 0.25) is 0 Å². The first kappa shape index (κ1) is 57.0. The molecule has 346 valence electrons. The average Bonchev–Trinajstić information content (AvgIpc) is 3.21. The molecule has 0 heterocycles. The quantitative estimate of drug-likeness (QED) is 0.0196. The van der Waals surface area contributed by atoms with E-state index in [4.69, 9.17) is 18.9 Å². The minimum Gasteiger partial charge on any atom is -0.545 e. The first-order chi connectivity index (χ1) is 29.1. The maximum atomic E-state index is 12.8. The number of carboxylic acids is 1. The molecule has 0 rings (SSSR count). The lowest BCUT2D eigenvalue weighted by atomic mass is 10.1. The van der Waals surface area contributed by atoms with Crippen molar-refractivity contribution in [2.45, 2.75) is 200 Å². The zero-order valence-electron chi connectivity index (χ0n) is 39.1. The Morgan fingerprint density at radius 1 is 0.500 bits per heavy atom. The molecule has 0 saturated heterocycles. The summed E-state index contributed by atoms with van der Waals surface area (Å²) in [5.74, 6) is -2.32. The second-order valence-electron chi connectivity index (χ2n) is 17.0. The molecule has 0 aromatic heterocycles. The largest absolute Gasteiger partial charge is 0.545 e. The molecule has 0 aliphatic carbocycles. The molecule has 0 fully saturated rings. The highest BCUT2D eigenvalue weighted by Crippen LogP contribution is 2.13. The van der Waals surface area contributed by atoms with Crippen LogP contribution in [0.25, 0.3) is 0 Å². The fourth-order valence-electron chi connectivity index (χ4n) is 6.22. The molecule has 2 atom stereocenters. The van der Waals surface area contributed by atoms with Gasteiger partial charge in [0.15, 0.2) is 12.4 Å². The molecule has 0 aromatic rings. The number of hydrogen-bond donors (Lipinski definition) is 0. The Morgan fingerprint density at radius 3 is 1.37 bits per heavy atom. The number of carboxylic acid groups (broad SMARTS) is 1. The summed E-state index contributed by atoms with van der Waals surface area (Å²) in [5.41, 5.74) is 0. The summed E-state index contributed by atoms with van der Waals surface area (Å²) >= 11 is 0. The number of carbonyl (C=O) groups excluding carboxylic acids is 3. The van der Waals surface area contributed by atoms with Crippen LogP contribution in [0.5, 0.6) is 0 Å². The van der Waals surface area contributed by atoms with Gasteiger partial charge in [-0.15, -0.1) is 0 Å². The molecular weight excluding hydrogens is 755 g/mol. The van der Waals surface area contributed by atoms with Crippen molar-refractivity contribution in [2.75, 3.05) is 47.5 Å². The van der Waals surface area contributed by atoms with Crippen molar-refractivity contribution in [1.82, 2.24) is 0 Å². The zero-order chi connectivity index (χ0) is 44.2. The minimum atomic E-state index is -1.63. The molecule has 0 aliphatic rings. The number of esters is 2. The van der Waals surface area contributed by atoms with E-state index in [1.165, 1.54) is 57.8 Å². The fourth-order valence-corrected chi connectivity index (χ4v) is 6.22. The molecule has 0 bridgehead atoms. The maximum absolute atomic E-state index is 12.8. The fraction of sp³-hybridized carbons (Fsp3) is 0.745. The summed E-state index contributed by atoms with van der Waals surface area (Å²) < 4.78 is 22.6. The van der Waals surface area contributed by atoms with Crippen LogP contribution in [0, 0.1) is 0 Å². The van der Waals surface area contributed by atoms with Crippen molar-refractivity contribution in [3.63, 3.8) is 0 Å². The third kappa shape index (κ3) is 43.1. The molecule has 0 spiro atoms. The third-order valence-corrected chi connectivity index (χ3v) is 9.99. The summed E-state index contributed by atoms with van der Waals surface area (Å²) in [6.45, 7) is 4.65. The predicted molar refractivity (Wildman–Crippen MR) is 246 cm³/mol. The van der Waals surface area contributed by atoms with Crippen molar-refractivity contribution in [3.05, 3.63) is 60.8 Å². The number of hydrogen-bond acceptors (Lipinski definition) is 8. The lowest BCUT2D eigenvalue weighted by Gasteiger charge is -2.26. The van der Waals surface area contributed by atoms with Crippen LogP contribution in [-0.4, -0.2) is 82.3 Å². The van der Waals surface area contributed by atoms with E-state index < -0.39 is 24.3 Å². The number of nitrogens with zero attached hydrogens (tertiary/aromatic N) is 1. The molecule has 2 unspecified atom stereocenters. The molecule has 0 N–H and O–H groups in total. The smallest absolute Gasteiger partial charge is 0.306 e. The number of carbonyl (C=O) groups is 3. The summed E-state index contributed by atoms with van der Waals surface area (Å²) in [6, 6.07) is 0. The van der Waals surface area contributed by atoms with Crippen LogP contribution < -0.4 is 5.11 Å². The standard InChI is InChI=1S/C51H89NO8/c1-6-8-10-12-14-16-18-20-22-24-25-26-28-30-32-34-36-38-40-42-49(54)60-47(46-59-51(50(55)56)57-44-43-52(3,4)5)45-58-48(53)41-39-37-35-33-31-29-27-23-21-19-17-15-13-11-9-7-2/h14,16-17,19-20,22-23,25-27,47,51H,6-13,15,18,21,24,28-46H2,1-5H3/b16-14-,19-17-,22-20-,26-25-,27-23-. The van der Waals surface area contributed by atoms with Crippen molar-refractivity contribution >= 4 is 17.9 Å². The second kappa shape index (κ2) is 42.7. The molecule has 0 amide bonds. The lowest BCUT2D eigenvalue weighted by Crippen LogP contribution is -2.44. The lowest BCUT2D eigenvalue weighted by molar-refractivity contribution is -0.870. The first-order valence-corrected chi connectivity index (χ1v) is 23.9. The van der Waals surface area contributed by atoms with Crippen LogP contribution >= 0.6 is 0 Å². The summed E-state index contributed by atoms with van der Waals surface area (Å²) in [7, 11) is 5.90. The SMILES string of the molecule is CCCCC/C=C\C/C=C\C/C=C\CCCCCCCCC(=O)OC(COC(=O)CCCCCCC/C=C\C/C=C\CCCCCC)COC(OCC[N+](C)(C)C)C(=O)[O-]. The molecule has 60 heavy (non-hydrogen) atoms. The highest BCUT2D eigenvalue weighted by Gasteiger charge is 2.21. The average molecular weight is 844 g/mol. The number of aliphatic carboxylic acids is 1. The van der Waals surface area contributed by atoms with Gasteiger partial charge in [0.05, 0.1) is 40.3 Å². The topological polar surface area (TPSA) is 111 Å². The van der Waals surface area contributed by atoms with Crippen LogP contribution in [0.4, 0.5) is 0 Å². The van der Waals surface area contributed by atoms with Gasteiger partial charge in [-0.05, 0) is 83.5 Å². The van der Waals surface area contributed by atoms with E-state index in [0.717, 1.165) is 96.3 Å². The van der Waals surface area contributed by atoms with Crippen LogP contribution in [0.15, 0.2) is 60.8 Å². The molecule has 0 aliphatic heterocycles. The van der Waals surface area contributed by atoms with Gasteiger partial charge in [0.2, 0.25) is 0 Å². The van der Waals surface area contributed by atoms with Crippen molar-refractivity contribution in [1.29, 1.82) is 0 Å². The minimum absolute atomic E-state index is 0.140. The molecule has 0 saturated carbocycles. The van der Waals surface area contributed by atoms with E-state index in [-0.39, 0.29) is 38.6 Å². The maximum Gasteiger partial charge on any atom is 0.306 e. The van der Waals surface area contributed by atoms with Crippen molar-refractivity contribution in [2.24, 2.45) is 0 Å². The Labute approximate surface area is 367 Å². The Morgan fingerprint density at radius 2 is 0.900 bits per heavy atom. The van der Waals surface area contributed by atoms with E-state index in [1.807, 2.05) is 21.1 Å². The van der Waals surface area contributed by atoms with Gasteiger partial charge in [-0.25, -0.2) is 0 Å². The number of rotatable bonds is 43. The summed E-state index contributed by atoms with van der Waals surface area (Å²) in [5, 5.41) is 11.7. The van der Waals surface area contributed by atoms with Gasteiger partial charge in [0.1, 0.15) is 13.2 Å². The van der Waals surface area contributed by atoms with Gasteiger partial charge in [0, 0.05) is 12.8 Å². The van der Waals surface area contributed by atoms with Gasteiger partial charge in [-0.2, -0.15) is 0 Å². The molecular formula is C51H89NO8. The van der Waals surface area contributed by atoms with E-state index in [9.17, 15) is 19.5 Å². The monoisotopic (exact) mass is 844 g/mol. The molecule has 0 aromatic carbocycles. The van der Waals surface area contributed by atoms with Crippen LogP contribution in [0.1, 0.15) is 187 Å². The molecule has 9 heteroatoms. The van der Waals surface area contributed by atoms with Gasteiger partial charge in [-0.3, -0.25) is 9.59 Å². The first-order valence-electron chi connectivity index (χ1n) is 23.9. The molecule has 0 radical (unpaired) electrons. The highest BCUT2D eigenvalue weighted by atomic mass is 16.7. The number of quaternary nitrogens is 1. The van der Waals surface area contributed by atoms with Crippen LogP contribution in [0.3, 0.4) is 0 Å². The zero-order valence-corrected chi connectivity index (χ0v) is 39.1. The van der Waals surface area contributed by atoms with E-state index >= 15 is 0 Å². The summed E-state index contributed by atoms with van der Waals surface area (Å²) in [6.07, 6.45) is 48.1. The van der Waals surface area contributed by atoms with E-state index in [1.54, 1.807) is 0 Å². The number of allylic oxidation sites excluding steroid dienone is 10. The van der Waals surface area contributed by atoms with E-state index in [0.29, 0.717) is 17.4 Å². The Balaban J connectivity index is 4.46. The predicted octanol–water partition coefficient (Wildman–Crippen LogP) is 11.6. The Kier molecular flexibility index (Phi) is 40.5. The van der Waals surface area contributed by atoms with E-state index in [2.05, 4.69) is 74.6 Å². The van der Waals surface area contributed by atoms with Crippen LogP contribution in [-0.2, 0) is 33.3 Å². The van der Waals surface area contributed by atoms with Gasteiger partial charge in [-0.1, -0.05) is 152 Å². The number of unbranched alkanes of at least 4 members (excludes halogenated alkanes) is 18. The van der Waals surface area contributed by atoms with Crippen molar-refractivity contribution < 1.29 is 42.9 Å². The normalized spacial score (nSPS) is 13.4. The van der Waals surface area contributed by atoms with Gasteiger partial charge >= 0.3 is 11.9 Å². The summed E-state index contributed by atoms with van der Waals surface area (Å²) in [4.78, 5) is 37.1. The number of ether oxygens (including phenoxy) is 4. The third-order valence-electron chi connectivity index (χ3n) is 9.99. The Bertz CT molecular complexity index is 1170. The van der Waals surface area contributed by atoms with Gasteiger partial charge < -0.3 is 33.3 Å². The number of likely N-dealkylation sites (N-methyl/N-ethyl adjacent to an activating group) is 1. The molecule has 9 nitrogen and oxygen atoms in total. The van der Waals surface area contributed by atoms with Gasteiger partial charge in [0.25, 0.3) is 0 Å². The van der Waals surface area contributed by atoms with Crippen molar-refractivity contribution in [3.8, 4) is 0 Å². The highest BCUT2D eigenvalue weighted by molar-refractivity contribution is 5.70.